The molecule has 0 radical (unpaired) electrons. The molecule has 0 bridgehead atoms. The summed E-state index contributed by atoms with van der Waals surface area (Å²) in [6.45, 7) is 6.88. The zero-order valence-corrected chi connectivity index (χ0v) is 16.1. The van der Waals surface area contributed by atoms with E-state index in [9.17, 15) is 14.7 Å². The van der Waals surface area contributed by atoms with E-state index in [1.165, 1.54) is 0 Å². The van der Waals surface area contributed by atoms with Gasteiger partial charge in [-0.2, -0.15) is 0 Å². The Balaban J connectivity index is 1.53. The Morgan fingerprint density at radius 3 is 2.44 bits per heavy atom. The summed E-state index contributed by atoms with van der Waals surface area (Å²) in [5, 5.41) is 12.3. The highest BCUT2D eigenvalue weighted by Crippen LogP contribution is 2.30. The van der Waals surface area contributed by atoms with E-state index < -0.39 is 0 Å². The van der Waals surface area contributed by atoms with Gasteiger partial charge >= 0.3 is 6.03 Å². The number of hydrogen-bond acceptors (Lipinski definition) is 4. The van der Waals surface area contributed by atoms with Crippen LogP contribution in [0, 0.1) is 0 Å². The smallest absolute Gasteiger partial charge is 0.317 e. The largest absolute Gasteiger partial charge is 0.508 e. The number of phenols is 1. The second-order valence-corrected chi connectivity index (χ2v) is 7.78. The minimum atomic E-state index is -0.345. The van der Waals surface area contributed by atoms with Crippen molar-refractivity contribution in [2.24, 2.45) is 0 Å². The minimum absolute atomic E-state index is 0.0430. The number of ether oxygens (including phenoxy) is 1. The molecule has 27 heavy (non-hydrogen) atoms. The Hall–Kier alpha value is -2.28. The standard InChI is InChI=1S/C20H29N3O4/c1-15(2)21-19(26)23-11-12-27-20(14-23)7-9-22(10-8-20)18(25)13-16-3-5-17(24)6-4-16/h3-6,15,24H,7-14H2,1-2H3,(H,21,26). The molecule has 148 valence electrons. The van der Waals surface area contributed by atoms with Crippen LogP contribution in [0.1, 0.15) is 32.3 Å². The van der Waals surface area contributed by atoms with Gasteiger partial charge in [-0.15, -0.1) is 0 Å². The predicted molar refractivity (Wildman–Crippen MR) is 102 cm³/mol. The van der Waals surface area contributed by atoms with Crippen molar-refractivity contribution < 1.29 is 19.4 Å². The highest BCUT2D eigenvalue weighted by Gasteiger charge is 2.41. The van der Waals surface area contributed by atoms with Crippen LogP contribution in [0.5, 0.6) is 5.75 Å². The lowest BCUT2D eigenvalue weighted by Crippen LogP contribution is -2.60. The van der Waals surface area contributed by atoms with Crippen LogP contribution in [0.4, 0.5) is 4.79 Å². The van der Waals surface area contributed by atoms with Crippen molar-refractivity contribution in [2.45, 2.75) is 44.8 Å². The summed E-state index contributed by atoms with van der Waals surface area (Å²) >= 11 is 0. The number of phenolic OH excluding ortho intramolecular Hbond substituents is 1. The van der Waals surface area contributed by atoms with Crippen molar-refractivity contribution in [3.05, 3.63) is 29.8 Å². The maximum atomic E-state index is 12.6. The minimum Gasteiger partial charge on any atom is -0.508 e. The van der Waals surface area contributed by atoms with Crippen LogP contribution in [0.15, 0.2) is 24.3 Å². The Labute approximate surface area is 160 Å². The number of rotatable bonds is 3. The zero-order valence-electron chi connectivity index (χ0n) is 16.1. The molecule has 3 rings (SSSR count). The fourth-order valence-corrected chi connectivity index (χ4v) is 3.72. The van der Waals surface area contributed by atoms with Gasteiger partial charge in [-0.25, -0.2) is 4.79 Å². The van der Waals surface area contributed by atoms with Gasteiger partial charge in [0.15, 0.2) is 0 Å². The van der Waals surface area contributed by atoms with Crippen LogP contribution in [-0.2, 0) is 16.0 Å². The lowest BCUT2D eigenvalue weighted by molar-refractivity contribution is -0.146. The highest BCUT2D eigenvalue weighted by atomic mass is 16.5. The zero-order chi connectivity index (χ0) is 19.4. The number of nitrogens with zero attached hydrogens (tertiary/aromatic N) is 2. The fraction of sp³-hybridized carbons (Fsp3) is 0.600. The normalized spacial score (nSPS) is 19.4. The van der Waals surface area contributed by atoms with E-state index in [4.69, 9.17) is 4.74 Å². The predicted octanol–water partition coefficient (Wildman–Crippen LogP) is 1.75. The average Bonchev–Trinajstić information content (AvgIpc) is 2.64. The molecule has 2 heterocycles. The third kappa shape index (κ3) is 4.91. The number of hydrogen-bond donors (Lipinski definition) is 2. The molecule has 0 atom stereocenters. The molecule has 7 heteroatoms. The number of benzene rings is 1. The third-order valence-corrected chi connectivity index (χ3v) is 5.27. The van der Waals surface area contributed by atoms with Gasteiger partial charge in [0.05, 0.1) is 25.2 Å². The molecule has 7 nitrogen and oxygen atoms in total. The lowest BCUT2D eigenvalue weighted by Gasteiger charge is -2.47. The van der Waals surface area contributed by atoms with E-state index in [1.807, 2.05) is 23.6 Å². The van der Waals surface area contributed by atoms with Crippen LogP contribution in [0.2, 0.25) is 0 Å². The van der Waals surface area contributed by atoms with Crippen molar-refractivity contribution in [1.29, 1.82) is 0 Å². The summed E-state index contributed by atoms with van der Waals surface area (Å²) in [5.74, 6) is 0.285. The molecule has 1 spiro atoms. The Morgan fingerprint density at radius 1 is 1.15 bits per heavy atom. The van der Waals surface area contributed by atoms with E-state index in [0.29, 0.717) is 39.2 Å². The summed E-state index contributed by atoms with van der Waals surface area (Å²) in [6.07, 6.45) is 1.80. The number of morpholine rings is 1. The van der Waals surface area contributed by atoms with Crippen LogP contribution < -0.4 is 5.32 Å². The Bertz CT molecular complexity index is 666. The molecule has 0 saturated carbocycles. The maximum Gasteiger partial charge on any atom is 0.317 e. The summed E-state index contributed by atoms with van der Waals surface area (Å²) < 4.78 is 6.06. The molecule has 0 unspecified atom stereocenters. The molecule has 2 aliphatic rings. The van der Waals surface area contributed by atoms with Crippen molar-refractivity contribution in [3.63, 3.8) is 0 Å². The van der Waals surface area contributed by atoms with Gasteiger partial charge in [0.1, 0.15) is 5.75 Å². The van der Waals surface area contributed by atoms with Gasteiger partial charge in [0, 0.05) is 25.7 Å². The first kappa shape index (κ1) is 19.5. The number of likely N-dealkylation sites (tertiary alicyclic amines) is 1. The molecule has 0 aliphatic carbocycles. The number of nitrogens with one attached hydrogen (secondary N) is 1. The van der Waals surface area contributed by atoms with E-state index in [1.54, 1.807) is 24.3 Å². The molecule has 1 aromatic rings. The van der Waals surface area contributed by atoms with Gasteiger partial charge in [-0.05, 0) is 44.4 Å². The van der Waals surface area contributed by atoms with Crippen LogP contribution >= 0.6 is 0 Å². The molecule has 2 fully saturated rings. The van der Waals surface area contributed by atoms with E-state index >= 15 is 0 Å². The first-order chi connectivity index (χ1) is 12.9. The number of aromatic hydroxyl groups is 1. The van der Waals surface area contributed by atoms with E-state index in [-0.39, 0.29) is 29.3 Å². The van der Waals surface area contributed by atoms with E-state index in [0.717, 1.165) is 18.4 Å². The molecule has 1 aromatic carbocycles. The van der Waals surface area contributed by atoms with Gasteiger partial charge in [-0.3, -0.25) is 4.79 Å². The van der Waals surface area contributed by atoms with Crippen molar-refractivity contribution in [1.82, 2.24) is 15.1 Å². The highest BCUT2D eigenvalue weighted by molar-refractivity contribution is 5.79. The van der Waals surface area contributed by atoms with Crippen molar-refractivity contribution in [3.8, 4) is 5.75 Å². The summed E-state index contributed by atoms with van der Waals surface area (Å²) in [6, 6.07) is 6.80. The summed E-state index contributed by atoms with van der Waals surface area (Å²) in [7, 11) is 0. The molecular formula is C20H29N3O4. The number of carbonyl (C=O) groups excluding carboxylic acids is 2. The van der Waals surface area contributed by atoms with Gasteiger partial charge < -0.3 is 25.0 Å². The summed E-state index contributed by atoms with van der Waals surface area (Å²) in [4.78, 5) is 28.6. The van der Waals surface area contributed by atoms with E-state index in [2.05, 4.69) is 5.32 Å². The van der Waals surface area contributed by atoms with Crippen LogP contribution in [0.3, 0.4) is 0 Å². The summed E-state index contributed by atoms with van der Waals surface area (Å²) in [5.41, 5.74) is 0.547. The molecule has 0 aromatic heterocycles. The first-order valence-corrected chi connectivity index (χ1v) is 9.62. The second kappa shape index (κ2) is 8.17. The monoisotopic (exact) mass is 375 g/mol. The number of carbonyl (C=O) groups is 2. The first-order valence-electron chi connectivity index (χ1n) is 9.62. The topological polar surface area (TPSA) is 82.1 Å². The Morgan fingerprint density at radius 2 is 1.81 bits per heavy atom. The number of amides is 3. The number of urea groups is 1. The quantitative estimate of drug-likeness (QED) is 0.843. The maximum absolute atomic E-state index is 12.6. The molecule has 2 N–H and O–H groups in total. The average molecular weight is 375 g/mol. The van der Waals surface area contributed by atoms with Crippen LogP contribution in [0.25, 0.3) is 0 Å². The number of piperidine rings is 1. The van der Waals surface area contributed by atoms with Crippen molar-refractivity contribution in [2.75, 3.05) is 32.8 Å². The second-order valence-electron chi connectivity index (χ2n) is 7.78. The van der Waals surface area contributed by atoms with Gasteiger partial charge in [0.25, 0.3) is 0 Å². The molecule has 2 saturated heterocycles. The molecular weight excluding hydrogens is 346 g/mol. The molecule has 2 aliphatic heterocycles. The SMILES string of the molecule is CC(C)NC(=O)N1CCOC2(CCN(C(=O)Cc3ccc(O)cc3)CC2)C1. The van der Waals surface area contributed by atoms with Gasteiger partial charge in [0.2, 0.25) is 5.91 Å². The van der Waals surface area contributed by atoms with Crippen molar-refractivity contribution >= 4 is 11.9 Å². The third-order valence-electron chi connectivity index (χ3n) is 5.27. The van der Waals surface area contributed by atoms with Gasteiger partial charge in [-0.1, -0.05) is 12.1 Å². The Kier molecular flexibility index (Phi) is 5.89. The molecule has 3 amide bonds. The van der Waals surface area contributed by atoms with Crippen LogP contribution in [-0.4, -0.2) is 71.3 Å². The lowest BCUT2D eigenvalue weighted by atomic mass is 9.89. The fourth-order valence-electron chi connectivity index (χ4n) is 3.72.